The lowest BCUT2D eigenvalue weighted by atomic mass is 10.3. The summed E-state index contributed by atoms with van der Waals surface area (Å²) in [7, 11) is 4.85. The molecule has 0 atom stereocenters. The number of methoxy groups -OCH3 is 3. The van der Waals surface area contributed by atoms with Crippen molar-refractivity contribution >= 4 is 5.97 Å². The summed E-state index contributed by atoms with van der Waals surface area (Å²) < 4.78 is 26.3. The largest absolute Gasteiger partial charge is 0.493 e. The number of hydrogen-bond donors (Lipinski definition) is 1. The highest BCUT2D eigenvalue weighted by Gasteiger charge is 2.11. The van der Waals surface area contributed by atoms with Crippen LogP contribution in [0.15, 0.2) is 18.2 Å². The molecule has 0 fully saturated rings. The van der Waals surface area contributed by atoms with Gasteiger partial charge in [0.05, 0.1) is 20.3 Å². The van der Waals surface area contributed by atoms with E-state index in [0.717, 1.165) is 6.92 Å². The molecular formula is C15H24O8. The van der Waals surface area contributed by atoms with E-state index < -0.39 is 5.97 Å². The molecule has 0 bridgehead atoms. The van der Waals surface area contributed by atoms with E-state index in [2.05, 4.69) is 4.89 Å². The van der Waals surface area contributed by atoms with Gasteiger partial charge in [-0.2, -0.15) is 5.26 Å². The summed E-state index contributed by atoms with van der Waals surface area (Å²) in [6.45, 7) is 3.05. The molecular weight excluding hydrogens is 308 g/mol. The highest BCUT2D eigenvalue weighted by Crippen LogP contribution is 2.36. The molecule has 0 amide bonds. The molecule has 8 heteroatoms. The standard InChI is InChI=1S/C13H20O5.C2H4O3/c1-14-7-9-17-12-6-4-5-11(16-3)13(12)18-10-8-15-2;1-2(3)5-4/h4-6H,7-10H2,1-3H3;4H,1H3. The zero-order valence-corrected chi connectivity index (χ0v) is 13.9. The fourth-order valence-corrected chi connectivity index (χ4v) is 1.37. The lowest BCUT2D eigenvalue weighted by Crippen LogP contribution is -2.09. The topological polar surface area (TPSA) is 92.7 Å². The van der Waals surface area contributed by atoms with E-state index in [9.17, 15) is 4.79 Å². The Morgan fingerprint density at radius 2 is 1.48 bits per heavy atom. The Kier molecular flexibility index (Phi) is 12.4. The van der Waals surface area contributed by atoms with Gasteiger partial charge in [0.25, 0.3) is 0 Å². The molecule has 0 aliphatic heterocycles. The number of hydrogen-bond acceptors (Lipinski definition) is 8. The number of ether oxygens (including phenoxy) is 5. The van der Waals surface area contributed by atoms with E-state index in [1.54, 1.807) is 21.3 Å². The van der Waals surface area contributed by atoms with Gasteiger partial charge in [0.2, 0.25) is 5.75 Å². The summed E-state index contributed by atoms with van der Waals surface area (Å²) in [6, 6.07) is 5.51. The molecule has 23 heavy (non-hydrogen) atoms. The van der Waals surface area contributed by atoms with Gasteiger partial charge in [-0.1, -0.05) is 6.07 Å². The average molecular weight is 332 g/mol. The maximum atomic E-state index is 9.34. The smallest absolute Gasteiger partial charge is 0.339 e. The van der Waals surface area contributed by atoms with Crippen LogP contribution in [-0.2, 0) is 19.2 Å². The van der Waals surface area contributed by atoms with Crippen molar-refractivity contribution in [3.8, 4) is 17.2 Å². The first-order valence-corrected chi connectivity index (χ1v) is 6.83. The van der Waals surface area contributed by atoms with Gasteiger partial charge < -0.3 is 28.6 Å². The van der Waals surface area contributed by atoms with Crippen LogP contribution in [0.25, 0.3) is 0 Å². The Morgan fingerprint density at radius 3 is 1.96 bits per heavy atom. The van der Waals surface area contributed by atoms with Crippen LogP contribution in [0.1, 0.15) is 6.92 Å². The summed E-state index contributed by atoms with van der Waals surface area (Å²) in [5, 5.41) is 7.29. The Bertz CT molecular complexity index is 435. The van der Waals surface area contributed by atoms with Crippen molar-refractivity contribution in [2.75, 3.05) is 47.8 Å². The molecule has 0 saturated carbocycles. The predicted octanol–water partition coefficient (Wildman–Crippen LogP) is 1.77. The van der Waals surface area contributed by atoms with Crippen LogP contribution in [0, 0.1) is 0 Å². The van der Waals surface area contributed by atoms with E-state index in [0.29, 0.717) is 43.7 Å². The number of para-hydroxylation sites is 1. The second-order valence-electron chi connectivity index (χ2n) is 4.05. The molecule has 0 saturated heterocycles. The SMILES string of the molecule is CC(=O)OO.COCCOc1cccc(OC)c1OCCOC. The summed E-state index contributed by atoms with van der Waals surface area (Å²) in [5.74, 6) is 1.18. The zero-order chi connectivity index (χ0) is 17.5. The molecule has 0 aliphatic rings. The Morgan fingerprint density at radius 1 is 0.957 bits per heavy atom. The minimum atomic E-state index is -0.690. The van der Waals surface area contributed by atoms with Crippen molar-refractivity contribution in [3.63, 3.8) is 0 Å². The van der Waals surface area contributed by atoms with E-state index in [1.165, 1.54) is 0 Å². The molecule has 0 spiro atoms. The molecule has 0 radical (unpaired) electrons. The van der Waals surface area contributed by atoms with Crippen molar-refractivity contribution in [1.82, 2.24) is 0 Å². The van der Waals surface area contributed by atoms with Crippen molar-refractivity contribution in [1.29, 1.82) is 0 Å². The van der Waals surface area contributed by atoms with Crippen LogP contribution < -0.4 is 14.2 Å². The molecule has 1 N–H and O–H groups in total. The van der Waals surface area contributed by atoms with Crippen molar-refractivity contribution in [2.45, 2.75) is 6.92 Å². The quantitative estimate of drug-likeness (QED) is 0.415. The number of rotatable bonds is 9. The van der Waals surface area contributed by atoms with E-state index >= 15 is 0 Å². The summed E-state index contributed by atoms with van der Waals surface area (Å²) in [4.78, 5) is 12.5. The molecule has 8 nitrogen and oxygen atoms in total. The molecule has 1 rings (SSSR count). The van der Waals surface area contributed by atoms with Crippen LogP contribution in [0.4, 0.5) is 0 Å². The Hall–Kier alpha value is -2.03. The summed E-state index contributed by atoms with van der Waals surface area (Å²) in [5.41, 5.74) is 0. The maximum Gasteiger partial charge on any atom is 0.339 e. The maximum absolute atomic E-state index is 9.34. The monoisotopic (exact) mass is 332 g/mol. The second kappa shape index (κ2) is 13.6. The molecule has 0 aliphatic carbocycles. The minimum Gasteiger partial charge on any atom is -0.493 e. The van der Waals surface area contributed by atoms with Gasteiger partial charge in [-0.15, -0.1) is 0 Å². The van der Waals surface area contributed by atoms with E-state index in [1.807, 2.05) is 18.2 Å². The predicted molar refractivity (Wildman–Crippen MR) is 82.1 cm³/mol. The van der Waals surface area contributed by atoms with E-state index in [-0.39, 0.29) is 0 Å². The first-order chi connectivity index (χ1) is 11.1. The molecule has 0 unspecified atom stereocenters. The van der Waals surface area contributed by atoms with Gasteiger partial charge in [0.1, 0.15) is 13.2 Å². The fourth-order valence-electron chi connectivity index (χ4n) is 1.37. The molecule has 0 aromatic heterocycles. The first kappa shape index (κ1) is 21.0. The van der Waals surface area contributed by atoms with Gasteiger partial charge in [-0.3, -0.25) is 0 Å². The highest BCUT2D eigenvalue weighted by molar-refractivity contribution is 5.64. The molecule has 1 aromatic carbocycles. The van der Waals surface area contributed by atoms with Gasteiger partial charge >= 0.3 is 5.97 Å². The number of carbonyl (C=O) groups is 1. The third-order valence-electron chi connectivity index (χ3n) is 2.37. The van der Waals surface area contributed by atoms with Crippen LogP contribution in [0.3, 0.4) is 0 Å². The van der Waals surface area contributed by atoms with Gasteiger partial charge in [-0.25, -0.2) is 4.79 Å². The first-order valence-electron chi connectivity index (χ1n) is 6.83. The fraction of sp³-hybridized carbons (Fsp3) is 0.533. The van der Waals surface area contributed by atoms with Gasteiger partial charge in [0, 0.05) is 21.1 Å². The minimum absolute atomic E-state index is 0.442. The lowest BCUT2D eigenvalue weighted by molar-refractivity contribution is -0.231. The van der Waals surface area contributed by atoms with Crippen LogP contribution in [-0.4, -0.2) is 59.0 Å². The van der Waals surface area contributed by atoms with Crippen molar-refractivity contribution in [2.24, 2.45) is 0 Å². The van der Waals surface area contributed by atoms with Crippen LogP contribution >= 0.6 is 0 Å². The molecule has 0 heterocycles. The summed E-state index contributed by atoms with van der Waals surface area (Å²) >= 11 is 0. The summed E-state index contributed by atoms with van der Waals surface area (Å²) in [6.07, 6.45) is 0. The normalized spacial score (nSPS) is 9.43. The Balaban J connectivity index is 0.000000841. The van der Waals surface area contributed by atoms with Gasteiger partial charge in [0.15, 0.2) is 11.5 Å². The molecule has 1 aromatic rings. The zero-order valence-electron chi connectivity index (χ0n) is 13.9. The van der Waals surface area contributed by atoms with Gasteiger partial charge in [-0.05, 0) is 12.1 Å². The van der Waals surface area contributed by atoms with Crippen LogP contribution in [0.2, 0.25) is 0 Å². The third-order valence-corrected chi connectivity index (χ3v) is 2.37. The van der Waals surface area contributed by atoms with E-state index in [4.69, 9.17) is 28.9 Å². The Labute approximate surface area is 135 Å². The average Bonchev–Trinajstić information content (AvgIpc) is 2.56. The number of benzene rings is 1. The van der Waals surface area contributed by atoms with Crippen molar-refractivity contribution in [3.05, 3.63) is 18.2 Å². The molecule has 132 valence electrons. The highest BCUT2D eigenvalue weighted by atomic mass is 17.1. The number of carbonyl (C=O) groups excluding carboxylic acids is 1. The lowest BCUT2D eigenvalue weighted by Gasteiger charge is -2.15. The second-order valence-corrected chi connectivity index (χ2v) is 4.05. The third kappa shape index (κ3) is 9.56. The van der Waals surface area contributed by atoms with Crippen molar-refractivity contribution < 1.29 is 38.6 Å². The van der Waals surface area contributed by atoms with Crippen LogP contribution in [0.5, 0.6) is 17.2 Å².